The van der Waals surface area contributed by atoms with Crippen molar-refractivity contribution < 1.29 is 28.3 Å². The second kappa shape index (κ2) is 13.5. The van der Waals surface area contributed by atoms with Crippen LogP contribution in [0.2, 0.25) is 0 Å². The number of hydrogen-bond acceptors (Lipinski definition) is 8. The van der Waals surface area contributed by atoms with Crippen molar-refractivity contribution in [1.82, 2.24) is 8.75 Å². The highest BCUT2D eigenvalue weighted by Gasteiger charge is 2.36. The molecule has 0 aliphatic carbocycles. The van der Waals surface area contributed by atoms with Crippen LogP contribution < -0.4 is 9.47 Å². The van der Waals surface area contributed by atoms with E-state index >= 15 is 0 Å². The number of hydrogen-bond donors (Lipinski definition) is 0. The Kier molecular flexibility index (Phi) is 10.4. The van der Waals surface area contributed by atoms with Crippen LogP contribution in [0.4, 0.5) is 0 Å². The van der Waals surface area contributed by atoms with E-state index in [0.717, 1.165) is 48.8 Å². The van der Waals surface area contributed by atoms with Crippen LogP contribution in [0.25, 0.3) is 5.57 Å². The molecule has 0 saturated carbocycles. The predicted octanol–water partition coefficient (Wildman–Crippen LogP) is 5.18. The molecule has 0 bridgehead atoms. The third-order valence-electron chi connectivity index (χ3n) is 6.56. The second-order valence-corrected chi connectivity index (χ2v) is 9.94. The number of aromatic nitrogens is 2. The molecule has 2 unspecified atom stereocenters. The number of carbonyl (C=O) groups excluding carboxylic acids is 2. The summed E-state index contributed by atoms with van der Waals surface area (Å²) in [5.74, 6) is 0.301. The van der Waals surface area contributed by atoms with Crippen molar-refractivity contribution in [2.75, 3.05) is 26.7 Å². The Hall–Kier alpha value is -2.78. The number of esters is 2. The van der Waals surface area contributed by atoms with E-state index in [2.05, 4.69) is 28.8 Å². The van der Waals surface area contributed by atoms with E-state index < -0.39 is 0 Å². The Morgan fingerprint density at radius 1 is 1.11 bits per heavy atom. The lowest BCUT2D eigenvalue weighted by Crippen LogP contribution is -2.55. The summed E-state index contributed by atoms with van der Waals surface area (Å²) >= 11 is 1.16. The second-order valence-electron chi connectivity index (χ2n) is 9.41. The monoisotopic (exact) mass is 516 g/mol. The Bertz CT molecular complexity index is 1050. The fourth-order valence-electron chi connectivity index (χ4n) is 4.18. The van der Waals surface area contributed by atoms with Crippen molar-refractivity contribution in [3.05, 3.63) is 41.6 Å². The van der Waals surface area contributed by atoms with Gasteiger partial charge in [-0.1, -0.05) is 57.4 Å². The number of quaternary nitrogens is 1. The van der Waals surface area contributed by atoms with Crippen molar-refractivity contribution in [3.63, 3.8) is 0 Å². The van der Waals surface area contributed by atoms with E-state index in [0.29, 0.717) is 34.8 Å². The molecule has 0 fully saturated rings. The Labute approximate surface area is 218 Å². The predicted molar refractivity (Wildman–Crippen MR) is 140 cm³/mol. The molecule has 3 rings (SSSR count). The fraction of sp³-hybridized carbons (Fsp3) is 0.556. The lowest BCUT2D eigenvalue weighted by atomic mass is 10.0. The summed E-state index contributed by atoms with van der Waals surface area (Å²) in [4.78, 5) is 24.6. The van der Waals surface area contributed by atoms with E-state index in [-0.39, 0.29) is 31.0 Å². The summed E-state index contributed by atoms with van der Waals surface area (Å²) in [6.07, 6.45) is 7.52. The van der Waals surface area contributed by atoms with E-state index in [1.807, 2.05) is 13.0 Å². The molecule has 0 radical (unpaired) electrons. The zero-order valence-corrected chi connectivity index (χ0v) is 22.6. The first-order valence-electron chi connectivity index (χ1n) is 12.8. The van der Waals surface area contributed by atoms with Crippen LogP contribution in [-0.4, -0.2) is 58.1 Å². The van der Waals surface area contributed by atoms with Crippen molar-refractivity contribution in [2.45, 2.75) is 71.9 Å². The normalized spacial score (nSPS) is 18.3. The average molecular weight is 517 g/mol. The number of carbonyl (C=O) groups is 2. The van der Waals surface area contributed by atoms with Gasteiger partial charge in [0, 0.05) is 30.9 Å². The minimum absolute atomic E-state index is 0.0340. The Morgan fingerprint density at radius 2 is 1.92 bits per heavy atom. The molecule has 2 aromatic rings. The molecule has 0 saturated heterocycles. The molecular formula is C27H38N3O5S+. The van der Waals surface area contributed by atoms with Gasteiger partial charge in [0.15, 0.2) is 0 Å². The molecule has 0 spiro atoms. The van der Waals surface area contributed by atoms with Gasteiger partial charge in [-0.25, -0.2) is 0 Å². The maximum atomic E-state index is 12.8. The van der Waals surface area contributed by atoms with Gasteiger partial charge in [0.1, 0.15) is 18.0 Å². The lowest BCUT2D eigenvalue weighted by molar-refractivity contribution is -0.944. The van der Waals surface area contributed by atoms with Crippen LogP contribution in [-0.2, 0) is 20.7 Å². The first-order valence-corrected chi connectivity index (χ1v) is 13.6. The molecule has 8 nitrogen and oxygen atoms in total. The topological polar surface area (TPSA) is 87.6 Å². The van der Waals surface area contributed by atoms with Crippen molar-refractivity contribution in [1.29, 1.82) is 0 Å². The molecule has 1 aromatic carbocycles. The van der Waals surface area contributed by atoms with Crippen LogP contribution in [0.5, 0.6) is 11.6 Å². The molecular weight excluding hydrogens is 478 g/mol. The highest BCUT2D eigenvalue weighted by atomic mass is 32.1. The molecule has 0 amide bonds. The molecule has 9 heteroatoms. The smallest absolute Gasteiger partial charge is 0.314 e. The van der Waals surface area contributed by atoms with Gasteiger partial charge in [0.25, 0.3) is 5.88 Å². The molecule has 1 aromatic heterocycles. The quantitative estimate of drug-likeness (QED) is 0.157. The van der Waals surface area contributed by atoms with Gasteiger partial charge in [-0.2, -0.15) is 4.37 Å². The van der Waals surface area contributed by atoms with Crippen LogP contribution in [0.3, 0.4) is 0 Å². The van der Waals surface area contributed by atoms with E-state index in [4.69, 9.17) is 14.2 Å². The summed E-state index contributed by atoms with van der Waals surface area (Å²) in [6.45, 7) is 7.99. The first-order chi connectivity index (χ1) is 17.4. The van der Waals surface area contributed by atoms with Gasteiger partial charge >= 0.3 is 11.9 Å². The minimum atomic E-state index is -0.364. The maximum absolute atomic E-state index is 12.8. The van der Waals surface area contributed by atoms with Gasteiger partial charge in [-0.05, 0) is 12.5 Å². The van der Waals surface area contributed by atoms with Crippen LogP contribution in [0, 0.1) is 0 Å². The fourth-order valence-corrected chi connectivity index (χ4v) is 4.71. The van der Waals surface area contributed by atoms with Gasteiger partial charge in [0.2, 0.25) is 6.23 Å². The molecule has 0 N–H and O–H groups in total. The van der Waals surface area contributed by atoms with E-state index in [1.54, 1.807) is 25.1 Å². The molecule has 36 heavy (non-hydrogen) atoms. The summed E-state index contributed by atoms with van der Waals surface area (Å²) in [5, 5.41) is 0. The lowest BCUT2D eigenvalue weighted by Gasteiger charge is -2.41. The summed E-state index contributed by atoms with van der Waals surface area (Å²) in [7, 11) is 2.09. The van der Waals surface area contributed by atoms with E-state index in [9.17, 15) is 9.59 Å². The minimum Gasteiger partial charge on any atom is -0.475 e. The molecule has 1 aliphatic heterocycles. The number of rotatable bonds is 13. The standard InChI is InChI=1S/C27H38N3O5S/c1-5-7-8-11-17-33-27-26(28-36-29-27)22-14-12-16-30(4,19-22)20(3)34-25(32)18-21-13-9-10-15-23(21)35-24(31)6-2/h9-10,13-15,20H,5-8,11-12,16-19H2,1-4H3/q+1. The van der Waals surface area contributed by atoms with Crippen LogP contribution in [0.15, 0.2) is 30.3 Å². The Morgan fingerprint density at radius 3 is 2.69 bits per heavy atom. The summed E-state index contributed by atoms with van der Waals surface area (Å²) in [5.41, 5.74) is 2.50. The number of nitrogens with zero attached hydrogens (tertiary/aromatic N) is 3. The average Bonchev–Trinajstić information content (AvgIpc) is 3.33. The maximum Gasteiger partial charge on any atom is 0.314 e. The summed E-state index contributed by atoms with van der Waals surface area (Å²) < 4.78 is 26.6. The number of benzene rings is 1. The molecule has 2 heterocycles. The van der Waals surface area contributed by atoms with Gasteiger partial charge in [-0.3, -0.25) is 14.1 Å². The van der Waals surface area contributed by atoms with Gasteiger partial charge in [-0.15, -0.1) is 4.37 Å². The van der Waals surface area contributed by atoms with Crippen LogP contribution in [0.1, 0.15) is 70.6 Å². The third-order valence-corrected chi connectivity index (χ3v) is 7.07. The van der Waals surface area contributed by atoms with Gasteiger partial charge in [0.05, 0.1) is 38.3 Å². The summed E-state index contributed by atoms with van der Waals surface area (Å²) in [6, 6.07) is 7.07. The zero-order valence-electron chi connectivity index (χ0n) is 21.8. The first kappa shape index (κ1) is 27.8. The van der Waals surface area contributed by atoms with Gasteiger partial charge < -0.3 is 14.2 Å². The van der Waals surface area contributed by atoms with Crippen molar-refractivity contribution in [3.8, 4) is 11.6 Å². The number of likely N-dealkylation sites (N-methyl/N-ethyl adjacent to an activating group) is 1. The zero-order chi connectivity index (χ0) is 26.0. The van der Waals surface area contributed by atoms with Crippen LogP contribution >= 0.6 is 11.7 Å². The third kappa shape index (κ3) is 7.61. The number of ether oxygens (including phenoxy) is 3. The number of unbranched alkanes of at least 4 members (excludes halogenated alkanes) is 3. The highest BCUT2D eigenvalue weighted by Crippen LogP contribution is 2.32. The molecule has 1 aliphatic rings. The molecule has 196 valence electrons. The SMILES string of the molecule is CCCCCCOc1nsnc1C1=CCC[N+](C)(C(C)OC(=O)Cc2ccccc2OC(=O)CC)C1. The van der Waals surface area contributed by atoms with Crippen molar-refractivity contribution >= 4 is 29.2 Å². The Balaban J connectivity index is 1.60. The van der Waals surface area contributed by atoms with E-state index in [1.165, 1.54) is 12.8 Å². The highest BCUT2D eigenvalue weighted by molar-refractivity contribution is 6.99. The largest absolute Gasteiger partial charge is 0.475 e. The van der Waals surface area contributed by atoms with Crippen molar-refractivity contribution in [2.24, 2.45) is 0 Å². The molecule has 2 atom stereocenters. The number of para-hydroxylation sites is 1.